The Balaban J connectivity index is 2.28. The number of rotatable bonds is 3. The lowest BCUT2D eigenvalue weighted by molar-refractivity contribution is 0.0692. The third kappa shape index (κ3) is 2.53. The lowest BCUT2D eigenvalue weighted by atomic mass is 10.0. The molecular weight excluding hydrogens is 233 g/mol. The van der Waals surface area contributed by atoms with Crippen LogP contribution in [0.3, 0.4) is 0 Å². The molecule has 0 radical (unpaired) electrons. The highest BCUT2D eigenvalue weighted by atomic mass is 19.1. The van der Waals surface area contributed by atoms with E-state index in [0.717, 1.165) is 19.4 Å². The summed E-state index contributed by atoms with van der Waals surface area (Å²) in [6, 6.07) is 3.87. The first kappa shape index (κ1) is 13.0. The van der Waals surface area contributed by atoms with Gasteiger partial charge in [0.05, 0.1) is 5.56 Å². The van der Waals surface area contributed by atoms with Gasteiger partial charge in [0.15, 0.2) is 0 Å². The fourth-order valence-corrected chi connectivity index (χ4v) is 2.56. The number of hydrogen-bond donors (Lipinski definition) is 1. The van der Waals surface area contributed by atoms with Crippen molar-refractivity contribution in [3.8, 4) is 0 Å². The predicted molar refractivity (Wildman–Crippen MR) is 67.1 cm³/mol. The van der Waals surface area contributed by atoms with Crippen molar-refractivity contribution in [2.24, 2.45) is 0 Å². The van der Waals surface area contributed by atoms with Crippen LogP contribution in [-0.4, -0.2) is 28.1 Å². The second-order valence-electron chi connectivity index (χ2n) is 5.44. The first-order chi connectivity index (χ1) is 8.40. The SMILES string of the molecule is CC1(C)CCCN1Cc1cc(F)ccc1C(=O)O. The van der Waals surface area contributed by atoms with Crippen LogP contribution in [0.5, 0.6) is 0 Å². The van der Waals surface area contributed by atoms with Crippen molar-refractivity contribution in [1.82, 2.24) is 4.90 Å². The summed E-state index contributed by atoms with van der Waals surface area (Å²) in [6.07, 6.45) is 2.19. The van der Waals surface area contributed by atoms with E-state index in [1.807, 2.05) is 0 Å². The van der Waals surface area contributed by atoms with Gasteiger partial charge in [-0.05, 0) is 57.0 Å². The van der Waals surface area contributed by atoms with Gasteiger partial charge in [0.25, 0.3) is 0 Å². The van der Waals surface area contributed by atoms with Crippen LogP contribution in [0.15, 0.2) is 18.2 Å². The number of carbonyl (C=O) groups is 1. The van der Waals surface area contributed by atoms with E-state index in [1.165, 1.54) is 18.2 Å². The Morgan fingerprint density at radius 1 is 1.50 bits per heavy atom. The third-order valence-corrected chi connectivity index (χ3v) is 3.73. The van der Waals surface area contributed by atoms with Crippen molar-refractivity contribution in [1.29, 1.82) is 0 Å². The average Bonchev–Trinajstić information content (AvgIpc) is 2.58. The van der Waals surface area contributed by atoms with E-state index in [4.69, 9.17) is 5.11 Å². The van der Waals surface area contributed by atoms with Crippen LogP contribution >= 0.6 is 0 Å². The Morgan fingerprint density at radius 3 is 2.78 bits per heavy atom. The van der Waals surface area contributed by atoms with Gasteiger partial charge in [0, 0.05) is 12.1 Å². The Bertz CT molecular complexity index is 471. The Kier molecular flexibility index (Phi) is 3.39. The molecule has 1 saturated heterocycles. The smallest absolute Gasteiger partial charge is 0.336 e. The van der Waals surface area contributed by atoms with E-state index in [0.29, 0.717) is 12.1 Å². The largest absolute Gasteiger partial charge is 0.478 e. The van der Waals surface area contributed by atoms with Gasteiger partial charge in [-0.1, -0.05) is 0 Å². The summed E-state index contributed by atoms with van der Waals surface area (Å²) in [5, 5.41) is 9.12. The van der Waals surface area contributed by atoms with Crippen LogP contribution in [0.1, 0.15) is 42.6 Å². The van der Waals surface area contributed by atoms with Crippen molar-refractivity contribution in [3.63, 3.8) is 0 Å². The van der Waals surface area contributed by atoms with Gasteiger partial charge in [0.2, 0.25) is 0 Å². The molecule has 1 aromatic rings. The summed E-state index contributed by atoms with van der Waals surface area (Å²) in [4.78, 5) is 13.3. The minimum atomic E-state index is -0.998. The molecule has 2 rings (SSSR count). The molecular formula is C14H18FNO2. The normalized spacial score (nSPS) is 19.1. The molecule has 1 aliphatic heterocycles. The molecule has 1 aromatic carbocycles. The molecule has 1 fully saturated rings. The number of benzene rings is 1. The second-order valence-corrected chi connectivity index (χ2v) is 5.44. The average molecular weight is 251 g/mol. The van der Waals surface area contributed by atoms with Gasteiger partial charge >= 0.3 is 5.97 Å². The molecule has 4 heteroatoms. The molecule has 1 aliphatic rings. The molecule has 18 heavy (non-hydrogen) atoms. The van der Waals surface area contributed by atoms with Gasteiger partial charge in [-0.25, -0.2) is 9.18 Å². The number of carboxylic acids is 1. The molecule has 0 saturated carbocycles. The van der Waals surface area contributed by atoms with E-state index in [-0.39, 0.29) is 16.9 Å². The van der Waals surface area contributed by atoms with E-state index >= 15 is 0 Å². The molecule has 0 amide bonds. The number of likely N-dealkylation sites (tertiary alicyclic amines) is 1. The quantitative estimate of drug-likeness (QED) is 0.898. The lowest BCUT2D eigenvalue weighted by Gasteiger charge is -2.31. The molecule has 0 bridgehead atoms. The van der Waals surface area contributed by atoms with Crippen molar-refractivity contribution >= 4 is 5.97 Å². The molecule has 3 nitrogen and oxygen atoms in total. The van der Waals surface area contributed by atoms with Crippen LogP contribution in [0.4, 0.5) is 4.39 Å². The van der Waals surface area contributed by atoms with Crippen molar-refractivity contribution in [3.05, 3.63) is 35.1 Å². The highest BCUT2D eigenvalue weighted by Gasteiger charge is 2.32. The van der Waals surface area contributed by atoms with Crippen molar-refractivity contribution < 1.29 is 14.3 Å². The minimum absolute atomic E-state index is 0.0576. The molecule has 0 aliphatic carbocycles. The standard InChI is InChI=1S/C14H18FNO2/c1-14(2)6-3-7-16(14)9-10-8-11(15)4-5-12(10)13(17)18/h4-5,8H,3,6-7,9H2,1-2H3,(H,17,18). The van der Waals surface area contributed by atoms with E-state index in [2.05, 4.69) is 18.7 Å². The fourth-order valence-electron chi connectivity index (χ4n) is 2.56. The van der Waals surface area contributed by atoms with Crippen LogP contribution in [-0.2, 0) is 6.54 Å². The maximum absolute atomic E-state index is 13.3. The summed E-state index contributed by atoms with van der Waals surface area (Å²) >= 11 is 0. The monoisotopic (exact) mass is 251 g/mol. The van der Waals surface area contributed by atoms with Crippen molar-refractivity contribution in [2.75, 3.05) is 6.54 Å². The van der Waals surface area contributed by atoms with E-state index in [9.17, 15) is 9.18 Å². The summed E-state index contributed by atoms with van der Waals surface area (Å²) in [5.41, 5.74) is 0.804. The van der Waals surface area contributed by atoms with E-state index < -0.39 is 5.97 Å². The Labute approximate surface area is 106 Å². The first-order valence-corrected chi connectivity index (χ1v) is 6.17. The summed E-state index contributed by atoms with van der Waals surface area (Å²) < 4.78 is 13.3. The zero-order valence-electron chi connectivity index (χ0n) is 10.7. The second kappa shape index (κ2) is 4.69. The molecule has 98 valence electrons. The first-order valence-electron chi connectivity index (χ1n) is 6.17. The maximum Gasteiger partial charge on any atom is 0.336 e. The number of halogens is 1. The van der Waals surface area contributed by atoms with Crippen molar-refractivity contribution in [2.45, 2.75) is 38.8 Å². The zero-order valence-corrected chi connectivity index (χ0v) is 10.7. The highest BCUT2D eigenvalue weighted by Crippen LogP contribution is 2.30. The van der Waals surface area contributed by atoms with Crippen LogP contribution in [0.2, 0.25) is 0 Å². The van der Waals surface area contributed by atoms with Crippen LogP contribution in [0, 0.1) is 5.82 Å². The molecule has 0 atom stereocenters. The maximum atomic E-state index is 13.3. The topological polar surface area (TPSA) is 40.5 Å². The summed E-state index contributed by atoms with van der Waals surface area (Å²) in [7, 11) is 0. The lowest BCUT2D eigenvalue weighted by Crippen LogP contribution is -2.37. The molecule has 0 unspecified atom stereocenters. The van der Waals surface area contributed by atoms with Crippen LogP contribution < -0.4 is 0 Å². The fraction of sp³-hybridized carbons (Fsp3) is 0.500. The number of aromatic carboxylic acids is 1. The minimum Gasteiger partial charge on any atom is -0.478 e. The van der Waals surface area contributed by atoms with Crippen LogP contribution in [0.25, 0.3) is 0 Å². The molecule has 1 N–H and O–H groups in total. The summed E-state index contributed by atoms with van der Waals surface area (Å²) in [6.45, 7) is 5.70. The van der Waals surface area contributed by atoms with Gasteiger partial charge in [-0.15, -0.1) is 0 Å². The zero-order chi connectivity index (χ0) is 13.3. The number of hydrogen-bond acceptors (Lipinski definition) is 2. The molecule has 1 heterocycles. The highest BCUT2D eigenvalue weighted by molar-refractivity contribution is 5.89. The van der Waals surface area contributed by atoms with Gasteiger partial charge in [-0.2, -0.15) is 0 Å². The number of nitrogens with zero attached hydrogens (tertiary/aromatic N) is 1. The Morgan fingerprint density at radius 2 is 2.22 bits per heavy atom. The number of carboxylic acid groups (broad SMARTS) is 1. The van der Waals surface area contributed by atoms with Gasteiger partial charge < -0.3 is 5.11 Å². The van der Waals surface area contributed by atoms with Gasteiger partial charge in [0.1, 0.15) is 5.82 Å². The Hall–Kier alpha value is -1.42. The third-order valence-electron chi connectivity index (χ3n) is 3.73. The molecule has 0 spiro atoms. The predicted octanol–water partition coefficient (Wildman–Crippen LogP) is 2.90. The summed E-state index contributed by atoms with van der Waals surface area (Å²) in [5.74, 6) is -1.38. The van der Waals surface area contributed by atoms with E-state index in [1.54, 1.807) is 0 Å². The molecule has 0 aromatic heterocycles. The van der Waals surface area contributed by atoms with Gasteiger partial charge in [-0.3, -0.25) is 4.90 Å².